The Labute approximate surface area is 153 Å². The highest BCUT2D eigenvalue weighted by atomic mass is 35.5. The number of benzene rings is 2. The van der Waals surface area contributed by atoms with Crippen LogP contribution in [0, 0.1) is 15.9 Å². The number of carbonyl (C=O) groups excluding carboxylic acids is 1. The molecule has 0 unspecified atom stereocenters. The van der Waals surface area contributed by atoms with E-state index in [1.807, 2.05) is 4.90 Å². The van der Waals surface area contributed by atoms with Crippen molar-refractivity contribution in [3.63, 3.8) is 0 Å². The summed E-state index contributed by atoms with van der Waals surface area (Å²) < 4.78 is 18.7. The van der Waals surface area contributed by atoms with Gasteiger partial charge in [0.2, 0.25) is 0 Å². The number of amides is 1. The first-order valence-corrected chi connectivity index (χ1v) is 8.21. The average Bonchev–Trinajstić information content (AvgIpc) is 2.65. The van der Waals surface area contributed by atoms with E-state index in [0.717, 1.165) is 6.07 Å². The third-order valence-electron chi connectivity index (χ3n) is 3.96. The fourth-order valence-electron chi connectivity index (χ4n) is 2.66. The molecule has 1 amide bonds. The van der Waals surface area contributed by atoms with Crippen LogP contribution in [0.2, 0.25) is 5.02 Å². The molecule has 0 atom stereocenters. The van der Waals surface area contributed by atoms with Crippen LogP contribution in [0.4, 0.5) is 21.5 Å². The number of morpholine rings is 1. The number of rotatable bonds is 4. The van der Waals surface area contributed by atoms with Crippen molar-refractivity contribution in [2.75, 3.05) is 36.5 Å². The van der Waals surface area contributed by atoms with Gasteiger partial charge in [0.25, 0.3) is 11.6 Å². The summed E-state index contributed by atoms with van der Waals surface area (Å²) in [5.74, 6) is -1.25. The standard InChI is InChI=1S/C17H15ClFN3O4/c18-13-3-2-12(10-14(13)19)20-17(23)11-1-4-15(16(9-11)22(24)25)21-5-7-26-8-6-21/h1-4,9-10H,5-8H2,(H,20,23). The summed E-state index contributed by atoms with van der Waals surface area (Å²) in [7, 11) is 0. The SMILES string of the molecule is O=C(Nc1ccc(Cl)c(F)c1)c1ccc(N2CCOCC2)c([N+](=O)[O-])c1. The van der Waals surface area contributed by atoms with Crippen LogP contribution in [0.3, 0.4) is 0 Å². The second-order valence-electron chi connectivity index (χ2n) is 5.64. The molecule has 0 saturated carbocycles. The molecule has 1 N–H and O–H groups in total. The minimum atomic E-state index is -0.668. The molecular weight excluding hydrogens is 365 g/mol. The second kappa shape index (κ2) is 7.67. The molecule has 0 aliphatic carbocycles. The van der Waals surface area contributed by atoms with Gasteiger partial charge >= 0.3 is 0 Å². The molecule has 2 aromatic rings. The van der Waals surface area contributed by atoms with Gasteiger partial charge < -0.3 is 15.0 Å². The number of nitrogens with zero attached hydrogens (tertiary/aromatic N) is 2. The maximum atomic E-state index is 13.5. The van der Waals surface area contributed by atoms with Crippen LogP contribution in [0.15, 0.2) is 36.4 Å². The number of hydrogen-bond donors (Lipinski definition) is 1. The predicted octanol–water partition coefficient (Wildman–Crippen LogP) is 3.48. The molecule has 0 aromatic heterocycles. The van der Waals surface area contributed by atoms with E-state index in [9.17, 15) is 19.3 Å². The summed E-state index contributed by atoms with van der Waals surface area (Å²) in [4.78, 5) is 25.1. The highest BCUT2D eigenvalue weighted by molar-refractivity contribution is 6.30. The van der Waals surface area contributed by atoms with Gasteiger partial charge in [-0.3, -0.25) is 14.9 Å². The first-order valence-electron chi connectivity index (χ1n) is 7.83. The van der Waals surface area contributed by atoms with E-state index in [-0.39, 0.29) is 22.0 Å². The molecule has 0 spiro atoms. The number of nitro groups is 1. The Kier molecular flexibility index (Phi) is 5.34. The molecule has 26 heavy (non-hydrogen) atoms. The van der Waals surface area contributed by atoms with Crippen molar-refractivity contribution in [1.29, 1.82) is 0 Å². The lowest BCUT2D eigenvalue weighted by atomic mass is 10.1. The lowest BCUT2D eigenvalue weighted by Gasteiger charge is -2.28. The maximum Gasteiger partial charge on any atom is 0.293 e. The van der Waals surface area contributed by atoms with Crippen molar-refractivity contribution in [3.05, 3.63) is 62.9 Å². The van der Waals surface area contributed by atoms with Gasteiger partial charge in [0.1, 0.15) is 11.5 Å². The third kappa shape index (κ3) is 3.92. The summed E-state index contributed by atoms with van der Waals surface area (Å²) in [6, 6.07) is 8.10. The average molecular weight is 380 g/mol. The number of hydrogen-bond acceptors (Lipinski definition) is 5. The Balaban J connectivity index is 1.85. The van der Waals surface area contributed by atoms with Gasteiger partial charge in [0.15, 0.2) is 0 Å². The molecule has 9 heteroatoms. The Morgan fingerprint density at radius 1 is 1.23 bits per heavy atom. The van der Waals surface area contributed by atoms with Gasteiger partial charge in [-0.2, -0.15) is 0 Å². The van der Waals surface area contributed by atoms with Crippen LogP contribution in [-0.2, 0) is 4.74 Å². The number of halogens is 2. The Morgan fingerprint density at radius 2 is 1.96 bits per heavy atom. The Hall–Kier alpha value is -2.71. The fourth-order valence-corrected chi connectivity index (χ4v) is 2.78. The summed E-state index contributed by atoms with van der Waals surface area (Å²) in [5, 5.41) is 13.9. The number of anilines is 2. The van der Waals surface area contributed by atoms with Crippen LogP contribution in [0.1, 0.15) is 10.4 Å². The zero-order chi connectivity index (χ0) is 18.7. The van der Waals surface area contributed by atoms with Crippen molar-refractivity contribution < 1.29 is 18.8 Å². The lowest BCUT2D eigenvalue weighted by molar-refractivity contribution is -0.384. The number of carbonyl (C=O) groups is 1. The molecule has 1 aliphatic rings. The molecule has 3 rings (SSSR count). The quantitative estimate of drug-likeness (QED) is 0.649. The summed E-state index contributed by atoms with van der Waals surface area (Å²) in [5.41, 5.74) is 0.579. The molecular formula is C17H15ClFN3O4. The maximum absolute atomic E-state index is 13.5. The van der Waals surface area contributed by atoms with Gasteiger partial charge in [0.05, 0.1) is 23.2 Å². The molecule has 0 radical (unpaired) electrons. The van der Waals surface area contributed by atoms with Crippen LogP contribution >= 0.6 is 11.6 Å². The van der Waals surface area contributed by atoms with E-state index in [1.54, 1.807) is 6.07 Å². The van der Waals surface area contributed by atoms with E-state index in [1.165, 1.54) is 24.3 Å². The van der Waals surface area contributed by atoms with Gasteiger partial charge in [-0.15, -0.1) is 0 Å². The monoisotopic (exact) mass is 379 g/mol. The fraction of sp³-hybridized carbons (Fsp3) is 0.235. The van der Waals surface area contributed by atoms with Crippen molar-refractivity contribution in [1.82, 2.24) is 0 Å². The van der Waals surface area contributed by atoms with Crippen LogP contribution in [0.25, 0.3) is 0 Å². The molecule has 1 heterocycles. The molecule has 1 aliphatic heterocycles. The van der Waals surface area contributed by atoms with Crippen LogP contribution in [-0.4, -0.2) is 37.1 Å². The number of nitrogens with one attached hydrogen (secondary N) is 1. The number of nitro benzene ring substituents is 1. The molecule has 136 valence electrons. The predicted molar refractivity (Wildman–Crippen MR) is 95.5 cm³/mol. The Bertz CT molecular complexity index is 856. The Morgan fingerprint density at radius 3 is 2.62 bits per heavy atom. The van der Waals surface area contributed by atoms with E-state index in [2.05, 4.69) is 5.32 Å². The molecule has 7 nitrogen and oxygen atoms in total. The van der Waals surface area contributed by atoms with E-state index >= 15 is 0 Å². The van der Waals surface area contributed by atoms with E-state index < -0.39 is 16.6 Å². The van der Waals surface area contributed by atoms with Crippen LogP contribution in [0.5, 0.6) is 0 Å². The van der Waals surface area contributed by atoms with Gasteiger partial charge in [0, 0.05) is 30.4 Å². The summed E-state index contributed by atoms with van der Waals surface area (Å²) >= 11 is 5.60. The minimum absolute atomic E-state index is 0.0616. The van der Waals surface area contributed by atoms with Crippen molar-refractivity contribution >= 4 is 34.6 Å². The van der Waals surface area contributed by atoms with Gasteiger partial charge in [-0.1, -0.05) is 11.6 Å². The van der Waals surface area contributed by atoms with Crippen LogP contribution < -0.4 is 10.2 Å². The van der Waals surface area contributed by atoms with Crippen molar-refractivity contribution in [3.8, 4) is 0 Å². The zero-order valence-electron chi connectivity index (χ0n) is 13.6. The summed E-state index contributed by atoms with van der Waals surface area (Å²) in [6.07, 6.45) is 0. The number of ether oxygens (including phenoxy) is 1. The first kappa shape index (κ1) is 18.1. The van der Waals surface area contributed by atoms with Gasteiger partial charge in [-0.25, -0.2) is 4.39 Å². The zero-order valence-corrected chi connectivity index (χ0v) is 14.3. The molecule has 1 fully saturated rings. The third-order valence-corrected chi connectivity index (χ3v) is 4.27. The molecule has 2 aromatic carbocycles. The van der Waals surface area contributed by atoms with Gasteiger partial charge in [-0.05, 0) is 30.3 Å². The smallest absolute Gasteiger partial charge is 0.293 e. The van der Waals surface area contributed by atoms with Crippen molar-refractivity contribution in [2.45, 2.75) is 0 Å². The topological polar surface area (TPSA) is 84.7 Å². The molecule has 0 bridgehead atoms. The summed E-state index contributed by atoms with van der Waals surface area (Å²) in [6.45, 7) is 2.05. The van der Waals surface area contributed by atoms with E-state index in [4.69, 9.17) is 16.3 Å². The van der Waals surface area contributed by atoms with Crippen molar-refractivity contribution in [2.24, 2.45) is 0 Å². The highest BCUT2D eigenvalue weighted by Crippen LogP contribution is 2.30. The second-order valence-corrected chi connectivity index (χ2v) is 6.05. The highest BCUT2D eigenvalue weighted by Gasteiger charge is 2.23. The minimum Gasteiger partial charge on any atom is -0.378 e. The normalized spacial score (nSPS) is 14.2. The lowest BCUT2D eigenvalue weighted by Crippen LogP contribution is -2.36. The molecule has 1 saturated heterocycles. The van der Waals surface area contributed by atoms with E-state index in [0.29, 0.717) is 32.0 Å². The largest absolute Gasteiger partial charge is 0.378 e. The first-order chi connectivity index (χ1) is 12.5.